The fourth-order valence-corrected chi connectivity index (χ4v) is 1.68. The maximum Gasteiger partial charge on any atom is 0.337 e. The SMILES string of the molecule is CCOC(=O)CCNC(=O)Nc1c(C)cccc1C(=O)O. The van der Waals surface area contributed by atoms with E-state index in [0.29, 0.717) is 5.56 Å². The normalized spacial score (nSPS) is 9.81. The Balaban J connectivity index is 2.59. The number of aromatic carboxylic acids is 1. The van der Waals surface area contributed by atoms with E-state index >= 15 is 0 Å². The van der Waals surface area contributed by atoms with E-state index in [1.807, 2.05) is 0 Å². The summed E-state index contributed by atoms with van der Waals surface area (Å²) in [6.07, 6.45) is 0.0564. The van der Waals surface area contributed by atoms with Crippen molar-refractivity contribution in [1.29, 1.82) is 0 Å². The number of urea groups is 1. The number of hydrogen-bond donors (Lipinski definition) is 3. The van der Waals surface area contributed by atoms with Crippen LogP contribution in [0.2, 0.25) is 0 Å². The van der Waals surface area contributed by atoms with Crippen molar-refractivity contribution in [3.63, 3.8) is 0 Å². The van der Waals surface area contributed by atoms with Gasteiger partial charge in [0.1, 0.15) is 0 Å². The molecule has 0 fully saturated rings. The number of hydrogen-bond acceptors (Lipinski definition) is 4. The maximum absolute atomic E-state index is 11.7. The van der Waals surface area contributed by atoms with Gasteiger partial charge in [0, 0.05) is 6.54 Å². The molecule has 1 aromatic rings. The van der Waals surface area contributed by atoms with Gasteiger partial charge in [0.15, 0.2) is 0 Å². The van der Waals surface area contributed by atoms with Gasteiger partial charge in [-0.25, -0.2) is 9.59 Å². The van der Waals surface area contributed by atoms with E-state index in [1.54, 1.807) is 26.0 Å². The molecular formula is C14H18N2O5. The molecular weight excluding hydrogens is 276 g/mol. The van der Waals surface area contributed by atoms with Crippen LogP contribution in [0.25, 0.3) is 0 Å². The van der Waals surface area contributed by atoms with E-state index in [-0.39, 0.29) is 30.8 Å². The van der Waals surface area contributed by atoms with Crippen molar-refractivity contribution < 1.29 is 24.2 Å². The lowest BCUT2D eigenvalue weighted by molar-refractivity contribution is -0.142. The Labute approximate surface area is 122 Å². The Hall–Kier alpha value is -2.57. The third-order valence-corrected chi connectivity index (χ3v) is 2.66. The molecule has 2 amide bonds. The number of aryl methyl sites for hydroxylation is 1. The summed E-state index contributed by atoms with van der Waals surface area (Å²) in [7, 11) is 0. The number of carboxylic acid groups (broad SMARTS) is 1. The van der Waals surface area contributed by atoms with Gasteiger partial charge < -0.3 is 20.5 Å². The Morgan fingerprint density at radius 1 is 1.29 bits per heavy atom. The summed E-state index contributed by atoms with van der Waals surface area (Å²) < 4.78 is 4.72. The molecule has 0 spiro atoms. The minimum absolute atomic E-state index is 0.00976. The van der Waals surface area contributed by atoms with Crippen molar-refractivity contribution in [3.05, 3.63) is 29.3 Å². The molecule has 7 heteroatoms. The zero-order valence-corrected chi connectivity index (χ0v) is 11.9. The summed E-state index contributed by atoms with van der Waals surface area (Å²) >= 11 is 0. The Kier molecular flexibility index (Phi) is 6.19. The first kappa shape index (κ1) is 16.5. The number of carbonyl (C=O) groups is 3. The van der Waals surface area contributed by atoms with Gasteiger partial charge in [-0.3, -0.25) is 4.79 Å². The van der Waals surface area contributed by atoms with Crippen molar-refractivity contribution in [2.75, 3.05) is 18.5 Å². The molecule has 0 aliphatic rings. The zero-order valence-electron chi connectivity index (χ0n) is 11.9. The third-order valence-electron chi connectivity index (χ3n) is 2.66. The highest BCUT2D eigenvalue weighted by atomic mass is 16.5. The summed E-state index contributed by atoms with van der Waals surface area (Å²) in [6.45, 7) is 3.79. The van der Waals surface area contributed by atoms with Crippen LogP contribution in [0.3, 0.4) is 0 Å². The van der Waals surface area contributed by atoms with Gasteiger partial charge in [-0.1, -0.05) is 12.1 Å². The van der Waals surface area contributed by atoms with Gasteiger partial charge in [0.25, 0.3) is 0 Å². The average Bonchev–Trinajstić information content (AvgIpc) is 2.41. The van der Waals surface area contributed by atoms with Crippen LogP contribution >= 0.6 is 0 Å². The molecule has 0 atom stereocenters. The van der Waals surface area contributed by atoms with Crippen LogP contribution in [0.4, 0.5) is 10.5 Å². The number of para-hydroxylation sites is 1. The van der Waals surface area contributed by atoms with Gasteiger partial charge in [-0.2, -0.15) is 0 Å². The smallest absolute Gasteiger partial charge is 0.337 e. The number of benzene rings is 1. The number of rotatable bonds is 6. The molecule has 1 aromatic carbocycles. The van der Waals surface area contributed by atoms with E-state index in [1.165, 1.54) is 6.07 Å². The highest BCUT2D eigenvalue weighted by Gasteiger charge is 2.14. The van der Waals surface area contributed by atoms with Crippen molar-refractivity contribution in [1.82, 2.24) is 5.32 Å². The quantitative estimate of drug-likeness (QED) is 0.693. The molecule has 0 aromatic heterocycles. The second-order valence-corrected chi connectivity index (χ2v) is 4.24. The molecule has 0 aliphatic heterocycles. The van der Waals surface area contributed by atoms with E-state index in [2.05, 4.69) is 10.6 Å². The van der Waals surface area contributed by atoms with Crippen molar-refractivity contribution in [3.8, 4) is 0 Å². The maximum atomic E-state index is 11.7. The predicted octanol–water partition coefficient (Wildman–Crippen LogP) is 1.77. The predicted molar refractivity (Wildman–Crippen MR) is 76.4 cm³/mol. The number of amides is 2. The van der Waals surface area contributed by atoms with Gasteiger partial charge in [-0.05, 0) is 25.5 Å². The lowest BCUT2D eigenvalue weighted by Gasteiger charge is -2.12. The second kappa shape index (κ2) is 7.88. The first-order valence-corrected chi connectivity index (χ1v) is 6.49. The first-order valence-electron chi connectivity index (χ1n) is 6.49. The second-order valence-electron chi connectivity index (χ2n) is 4.24. The van der Waals surface area contributed by atoms with Crippen LogP contribution in [0.15, 0.2) is 18.2 Å². The molecule has 3 N–H and O–H groups in total. The van der Waals surface area contributed by atoms with E-state index < -0.39 is 18.0 Å². The van der Waals surface area contributed by atoms with Crippen molar-refractivity contribution >= 4 is 23.7 Å². The van der Waals surface area contributed by atoms with Crippen LogP contribution in [-0.2, 0) is 9.53 Å². The summed E-state index contributed by atoms with van der Waals surface area (Å²) in [5.74, 6) is -1.53. The number of carboxylic acids is 1. The summed E-state index contributed by atoms with van der Waals surface area (Å²) in [5, 5.41) is 14.0. The summed E-state index contributed by atoms with van der Waals surface area (Å²) in [6, 6.07) is 4.13. The molecule has 1 rings (SSSR count). The molecule has 0 saturated carbocycles. The highest BCUT2D eigenvalue weighted by Crippen LogP contribution is 2.20. The topological polar surface area (TPSA) is 105 Å². The number of ether oxygens (including phenoxy) is 1. The lowest BCUT2D eigenvalue weighted by Crippen LogP contribution is -2.31. The van der Waals surface area contributed by atoms with Crippen LogP contribution in [0, 0.1) is 6.92 Å². The molecule has 114 valence electrons. The lowest BCUT2D eigenvalue weighted by atomic mass is 10.1. The number of carbonyl (C=O) groups excluding carboxylic acids is 2. The summed E-state index contributed by atoms with van der Waals surface area (Å²) in [5.41, 5.74) is 0.879. The molecule has 0 radical (unpaired) electrons. The number of nitrogens with one attached hydrogen (secondary N) is 2. The number of esters is 1. The molecule has 7 nitrogen and oxygen atoms in total. The van der Waals surface area contributed by atoms with E-state index in [9.17, 15) is 14.4 Å². The van der Waals surface area contributed by atoms with Crippen molar-refractivity contribution in [2.24, 2.45) is 0 Å². The standard InChI is InChI=1S/C14H18N2O5/c1-3-21-11(17)7-8-15-14(20)16-12-9(2)5-4-6-10(12)13(18)19/h4-6H,3,7-8H2,1-2H3,(H,18,19)(H2,15,16,20). The Bertz CT molecular complexity index is 542. The first-order chi connectivity index (χ1) is 9.95. The van der Waals surface area contributed by atoms with Crippen LogP contribution in [0.5, 0.6) is 0 Å². The van der Waals surface area contributed by atoms with Crippen LogP contribution in [0.1, 0.15) is 29.3 Å². The fourth-order valence-electron chi connectivity index (χ4n) is 1.68. The molecule has 0 aliphatic carbocycles. The van der Waals surface area contributed by atoms with Crippen LogP contribution < -0.4 is 10.6 Å². The Morgan fingerprint density at radius 3 is 2.62 bits per heavy atom. The molecule has 21 heavy (non-hydrogen) atoms. The molecule has 0 heterocycles. The Morgan fingerprint density at radius 2 is 2.00 bits per heavy atom. The van der Waals surface area contributed by atoms with Gasteiger partial charge in [0.05, 0.1) is 24.3 Å². The largest absolute Gasteiger partial charge is 0.478 e. The van der Waals surface area contributed by atoms with Crippen LogP contribution in [-0.4, -0.2) is 36.2 Å². The fraction of sp³-hybridized carbons (Fsp3) is 0.357. The van der Waals surface area contributed by atoms with Gasteiger partial charge >= 0.3 is 18.0 Å². The number of anilines is 1. The van der Waals surface area contributed by atoms with Gasteiger partial charge in [-0.15, -0.1) is 0 Å². The monoisotopic (exact) mass is 294 g/mol. The van der Waals surface area contributed by atoms with Gasteiger partial charge in [0.2, 0.25) is 0 Å². The average molecular weight is 294 g/mol. The minimum Gasteiger partial charge on any atom is -0.478 e. The molecule has 0 saturated heterocycles. The third kappa shape index (κ3) is 5.13. The zero-order chi connectivity index (χ0) is 15.8. The van der Waals surface area contributed by atoms with E-state index in [0.717, 1.165) is 0 Å². The van der Waals surface area contributed by atoms with Crippen molar-refractivity contribution in [2.45, 2.75) is 20.3 Å². The minimum atomic E-state index is -1.12. The molecule has 0 unspecified atom stereocenters. The summed E-state index contributed by atoms with van der Waals surface area (Å²) in [4.78, 5) is 33.9. The molecule has 0 bridgehead atoms. The highest BCUT2D eigenvalue weighted by molar-refractivity contribution is 6.01. The van der Waals surface area contributed by atoms with E-state index in [4.69, 9.17) is 9.84 Å².